The number of rotatable bonds is 0. The monoisotopic (exact) mass is 53.0 g/mol. The van der Waals surface area contributed by atoms with Gasteiger partial charge in [-0.15, -0.1) is 0 Å². The molecule has 1 aliphatic carbocycles. The second-order valence-electron chi connectivity index (χ2n) is 0.947. The van der Waals surface area contributed by atoms with Gasteiger partial charge in [0.2, 0.25) is 6.08 Å². The molecular formula is C4H5+. The minimum Gasteiger partial charge on any atom is 0.0655 e. The molecule has 0 aromatic rings. The third-order valence-corrected chi connectivity index (χ3v) is 0.577. The molecule has 0 heteroatoms. The number of allylic oxidation sites excluding steroid dienone is 2. The van der Waals surface area contributed by atoms with Crippen molar-refractivity contribution in [3.05, 3.63) is 12.2 Å². The summed E-state index contributed by atoms with van der Waals surface area (Å²) in [7, 11) is 0. The van der Waals surface area contributed by atoms with E-state index < -0.39 is 0 Å². The van der Waals surface area contributed by atoms with Crippen molar-refractivity contribution in [2.45, 2.75) is 12.8 Å². The minimum atomic E-state index is 1.19. The van der Waals surface area contributed by atoms with E-state index in [9.17, 15) is 0 Å². The summed E-state index contributed by atoms with van der Waals surface area (Å²) in [4.78, 5) is 0. The molecule has 1 aliphatic rings. The second kappa shape index (κ2) is 0.542. The lowest BCUT2D eigenvalue weighted by molar-refractivity contribution is 0.928. The largest absolute Gasteiger partial charge is 0.218 e. The topological polar surface area (TPSA) is 0 Å². The van der Waals surface area contributed by atoms with Crippen LogP contribution in [0.2, 0.25) is 0 Å². The molecule has 0 aromatic heterocycles. The molecule has 0 aliphatic heterocycles. The summed E-state index contributed by atoms with van der Waals surface area (Å²) in [6, 6.07) is 0. The van der Waals surface area contributed by atoms with E-state index in [0.29, 0.717) is 0 Å². The molecular weight excluding hydrogens is 48.0 g/mol. The summed E-state index contributed by atoms with van der Waals surface area (Å²) in [5.41, 5.74) is 0. The fourth-order valence-electron chi connectivity index (χ4n) is 0.144. The van der Waals surface area contributed by atoms with E-state index in [2.05, 4.69) is 12.2 Å². The first kappa shape index (κ1) is 1.92. The Hall–Kier alpha value is -0.350. The Labute approximate surface area is 26.1 Å². The average Bonchev–Trinajstić information content (AvgIpc) is 0.722. The molecule has 4 heavy (non-hydrogen) atoms. The Bertz CT molecular complexity index is 29.3. The molecule has 0 saturated carbocycles. The molecule has 0 heterocycles. The van der Waals surface area contributed by atoms with Gasteiger partial charge in [0.05, 0.1) is 6.42 Å². The van der Waals surface area contributed by atoms with Crippen LogP contribution in [0.1, 0.15) is 12.8 Å². The molecule has 0 radical (unpaired) electrons. The van der Waals surface area contributed by atoms with Gasteiger partial charge in [-0.25, -0.2) is 0 Å². The molecule has 0 bridgehead atoms. The van der Waals surface area contributed by atoms with Gasteiger partial charge >= 0.3 is 0 Å². The maximum Gasteiger partial charge on any atom is 0.218 e. The Kier molecular flexibility index (Phi) is 0.260. The maximum absolute atomic E-state index is 2.99. The van der Waals surface area contributed by atoms with Gasteiger partial charge in [-0.2, -0.15) is 0 Å². The predicted molar refractivity (Wildman–Crippen MR) is 17.0 cm³/mol. The van der Waals surface area contributed by atoms with Crippen molar-refractivity contribution in [2.75, 3.05) is 0 Å². The van der Waals surface area contributed by atoms with Gasteiger partial charge in [-0.1, -0.05) is 0 Å². The number of hydrogen-bond donors (Lipinski definition) is 0. The van der Waals surface area contributed by atoms with Crippen LogP contribution in [0.5, 0.6) is 0 Å². The van der Waals surface area contributed by atoms with Crippen molar-refractivity contribution in [1.29, 1.82) is 0 Å². The molecule has 0 N–H and O–H groups in total. The fourth-order valence-corrected chi connectivity index (χ4v) is 0.144. The molecule has 0 aromatic carbocycles. The zero-order valence-corrected chi connectivity index (χ0v) is 2.49. The molecule has 20 valence electrons. The average molecular weight is 53.1 g/mol. The lowest BCUT2D eigenvalue weighted by Crippen LogP contribution is -1.73. The Morgan fingerprint density at radius 1 is 1.75 bits per heavy atom. The summed E-state index contributed by atoms with van der Waals surface area (Å²) >= 11 is 0. The molecule has 0 unspecified atom stereocenters. The van der Waals surface area contributed by atoms with Crippen LogP contribution >= 0.6 is 0 Å². The predicted octanol–water partition coefficient (Wildman–Crippen LogP) is 1.14. The summed E-state index contributed by atoms with van der Waals surface area (Å²) in [5, 5.41) is 0. The smallest absolute Gasteiger partial charge is 0.0655 e. The zero-order valence-electron chi connectivity index (χ0n) is 2.49. The van der Waals surface area contributed by atoms with Crippen LogP contribution in [0, 0.1) is 6.08 Å². The van der Waals surface area contributed by atoms with Crippen LogP contribution in [0.25, 0.3) is 0 Å². The lowest BCUT2D eigenvalue weighted by Gasteiger charge is -1.72. The summed E-state index contributed by atoms with van der Waals surface area (Å²) in [5.74, 6) is 0. The van der Waals surface area contributed by atoms with Gasteiger partial charge in [0.15, 0.2) is 12.5 Å². The van der Waals surface area contributed by atoms with Crippen molar-refractivity contribution in [1.82, 2.24) is 0 Å². The van der Waals surface area contributed by atoms with Gasteiger partial charge in [-0.3, -0.25) is 0 Å². The Morgan fingerprint density at radius 2 is 2.00 bits per heavy atom. The van der Waals surface area contributed by atoms with Crippen molar-refractivity contribution in [3.63, 3.8) is 0 Å². The van der Waals surface area contributed by atoms with Crippen LogP contribution in [0.15, 0.2) is 6.08 Å². The summed E-state index contributed by atoms with van der Waals surface area (Å²) in [6.45, 7) is 0. The van der Waals surface area contributed by atoms with E-state index in [1.165, 1.54) is 12.8 Å². The minimum absolute atomic E-state index is 1.19. The Morgan fingerprint density at radius 3 is 2.00 bits per heavy atom. The van der Waals surface area contributed by atoms with E-state index in [-0.39, 0.29) is 0 Å². The highest BCUT2D eigenvalue weighted by molar-refractivity contribution is 4.84. The van der Waals surface area contributed by atoms with E-state index in [0.717, 1.165) is 0 Å². The van der Waals surface area contributed by atoms with Gasteiger partial charge in [0, 0.05) is 0 Å². The van der Waals surface area contributed by atoms with Crippen LogP contribution in [-0.4, -0.2) is 0 Å². The van der Waals surface area contributed by atoms with Gasteiger partial charge < -0.3 is 0 Å². The zero-order chi connectivity index (χ0) is 2.83. The van der Waals surface area contributed by atoms with Gasteiger partial charge in [0.25, 0.3) is 0 Å². The van der Waals surface area contributed by atoms with E-state index in [1.54, 1.807) is 0 Å². The maximum atomic E-state index is 2.99. The molecule has 0 fully saturated rings. The van der Waals surface area contributed by atoms with Crippen LogP contribution in [-0.2, 0) is 0 Å². The molecule has 0 nitrogen and oxygen atoms in total. The van der Waals surface area contributed by atoms with Crippen LogP contribution in [0.3, 0.4) is 0 Å². The highest BCUT2D eigenvalue weighted by Crippen LogP contribution is 2.00. The fraction of sp³-hybridized carbons (Fsp3) is 0.500. The molecule has 0 amide bonds. The first-order valence-corrected chi connectivity index (χ1v) is 1.55. The van der Waals surface area contributed by atoms with Crippen molar-refractivity contribution in [2.24, 2.45) is 0 Å². The van der Waals surface area contributed by atoms with Crippen molar-refractivity contribution < 1.29 is 0 Å². The third kappa shape index (κ3) is 0.0523. The lowest BCUT2D eigenvalue weighted by atomic mass is 10.1. The quantitative estimate of drug-likeness (QED) is 0.363. The van der Waals surface area contributed by atoms with Crippen molar-refractivity contribution in [3.8, 4) is 0 Å². The third-order valence-electron chi connectivity index (χ3n) is 0.577. The molecule has 0 saturated heterocycles. The van der Waals surface area contributed by atoms with E-state index >= 15 is 0 Å². The molecule has 0 spiro atoms. The standard InChI is InChI=1S/C4H5/c1-2-4-3-1/h1H,2,4H2/q+1. The van der Waals surface area contributed by atoms with E-state index in [1.807, 2.05) is 0 Å². The second-order valence-corrected chi connectivity index (χ2v) is 0.947. The van der Waals surface area contributed by atoms with Crippen LogP contribution < -0.4 is 0 Å². The van der Waals surface area contributed by atoms with Gasteiger partial charge in [-0.05, 0) is 0 Å². The number of hydrogen-bond acceptors (Lipinski definition) is 0. The van der Waals surface area contributed by atoms with Gasteiger partial charge in [0.1, 0.15) is 0 Å². The van der Waals surface area contributed by atoms with Crippen molar-refractivity contribution >= 4 is 0 Å². The summed E-state index contributed by atoms with van der Waals surface area (Å²) < 4.78 is 0. The first-order valence-electron chi connectivity index (χ1n) is 1.55. The van der Waals surface area contributed by atoms with Crippen LogP contribution in [0.4, 0.5) is 0 Å². The first-order chi connectivity index (χ1) is 2.00. The Balaban J connectivity index is 2.47. The normalized spacial score (nSPS) is 18.0. The summed E-state index contributed by atoms with van der Waals surface area (Å²) in [6.07, 6.45) is 7.50. The SMILES string of the molecule is [C+]1=CCC1. The van der Waals surface area contributed by atoms with E-state index in [4.69, 9.17) is 0 Å². The highest BCUT2D eigenvalue weighted by atomic mass is 13.9. The highest BCUT2D eigenvalue weighted by Gasteiger charge is 2.02. The molecule has 1 rings (SSSR count). The molecule has 0 atom stereocenters.